The number of nitrogens with one attached hydrogen (secondary N) is 1. The SMILES string of the molecule is CCOc1cc(CN2CCC(Nc3ncc(-c4ccccc4)cn3)CC2)cc(OCC)c1. The molecule has 1 fully saturated rings. The highest BCUT2D eigenvalue weighted by atomic mass is 16.5. The minimum atomic E-state index is 0.391. The number of rotatable bonds is 9. The molecule has 32 heavy (non-hydrogen) atoms. The van der Waals surface area contributed by atoms with E-state index in [0.29, 0.717) is 25.2 Å². The van der Waals surface area contributed by atoms with Crippen molar-refractivity contribution in [3.05, 3.63) is 66.5 Å². The molecule has 6 heteroatoms. The van der Waals surface area contributed by atoms with Crippen molar-refractivity contribution in [1.29, 1.82) is 0 Å². The molecule has 2 heterocycles. The standard InChI is InChI=1S/C26H32N4O2/c1-3-31-24-14-20(15-25(16-24)32-4-2)19-30-12-10-23(11-13-30)29-26-27-17-22(18-28-26)21-8-6-5-7-9-21/h5-9,14-18,23H,3-4,10-13,19H2,1-2H3,(H,27,28,29). The van der Waals surface area contributed by atoms with E-state index >= 15 is 0 Å². The summed E-state index contributed by atoms with van der Waals surface area (Å²) in [6.07, 6.45) is 5.91. The summed E-state index contributed by atoms with van der Waals surface area (Å²) < 4.78 is 11.4. The zero-order valence-corrected chi connectivity index (χ0v) is 19.0. The summed E-state index contributed by atoms with van der Waals surface area (Å²) >= 11 is 0. The zero-order chi connectivity index (χ0) is 22.2. The second-order valence-corrected chi connectivity index (χ2v) is 8.03. The Morgan fingerprint density at radius 1 is 0.875 bits per heavy atom. The number of ether oxygens (including phenoxy) is 2. The van der Waals surface area contributed by atoms with E-state index in [1.54, 1.807) is 0 Å². The number of nitrogens with zero attached hydrogens (tertiary/aromatic N) is 3. The van der Waals surface area contributed by atoms with Crippen LogP contribution < -0.4 is 14.8 Å². The molecule has 1 aliphatic heterocycles. The van der Waals surface area contributed by atoms with Gasteiger partial charge in [0.25, 0.3) is 0 Å². The third-order valence-corrected chi connectivity index (χ3v) is 5.65. The van der Waals surface area contributed by atoms with Crippen LogP contribution >= 0.6 is 0 Å². The second kappa shape index (κ2) is 11.0. The molecular formula is C26H32N4O2. The number of piperidine rings is 1. The van der Waals surface area contributed by atoms with Gasteiger partial charge in [0.15, 0.2) is 0 Å². The molecule has 1 aliphatic rings. The van der Waals surface area contributed by atoms with Crippen LogP contribution in [0.25, 0.3) is 11.1 Å². The van der Waals surface area contributed by atoms with Gasteiger partial charge in [-0.15, -0.1) is 0 Å². The van der Waals surface area contributed by atoms with Gasteiger partial charge in [0.2, 0.25) is 5.95 Å². The van der Waals surface area contributed by atoms with Gasteiger partial charge < -0.3 is 14.8 Å². The maximum atomic E-state index is 5.72. The molecule has 6 nitrogen and oxygen atoms in total. The van der Waals surface area contributed by atoms with Crippen molar-refractivity contribution < 1.29 is 9.47 Å². The van der Waals surface area contributed by atoms with Crippen LogP contribution in [0.1, 0.15) is 32.3 Å². The number of benzene rings is 2. The molecule has 168 valence electrons. The second-order valence-electron chi connectivity index (χ2n) is 8.03. The number of aromatic nitrogens is 2. The Balaban J connectivity index is 1.30. The molecule has 0 atom stereocenters. The molecule has 1 aromatic heterocycles. The number of hydrogen-bond donors (Lipinski definition) is 1. The molecule has 0 bridgehead atoms. The molecule has 3 aromatic rings. The zero-order valence-electron chi connectivity index (χ0n) is 19.0. The molecule has 0 aliphatic carbocycles. The van der Waals surface area contributed by atoms with Crippen LogP contribution in [0.2, 0.25) is 0 Å². The van der Waals surface area contributed by atoms with Crippen molar-refractivity contribution in [2.24, 2.45) is 0 Å². The molecule has 0 saturated carbocycles. The minimum Gasteiger partial charge on any atom is -0.494 e. The van der Waals surface area contributed by atoms with Crippen molar-refractivity contribution in [2.75, 3.05) is 31.6 Å². The molecule has 0 unspecified atom stereocenters. The van der Waals surface area contributed by atoms with Crippen LogP contribution in [0.5, 0.6) is 11.5 Å². The third-order valence-electron chi connectivity index (χ3n) is 5.65. The molecule has 1 saturated heterocycles. The lowest BCUT2D eigenvalue weighted by molar-refractivity contribution is 0.210. The Hall–Kier alpha value is -3.12. The Labute approximate surface area is 190 Å². The predicted molar refractivity (Wildman–Crippen MR) is 128 cm³/mol. The topological polar surface area (TPSA) is 59.5 Å². The summed E-state index contributed by atoms with van der Waals surface area (Å²) in [5, 5.41) is 3.51. The Morgan fingerprint density at radius 3 is 2.09 bits per heavy atom. The van der Waals surface area contributed by atoms with Crippen LogP contribution in [0.15, 0.2) is 60.9 Å². The van der Waals surface area contributed by atoms with Crippen LogP contribution in [-0.2, 0) is 6.54 Å². The molecule has 0 spiro atoms. The molecule has 0 radical (unpaired) electrons. The van der Waals surface area contributed by atoms with E-state index < -0.39 is 0 Å². The van der Waals surface area contributed by atoms with Gasteiger partial charge in [-0.25, -0.2) is 9.97 Å². The fourth-order valence-corrected chi connectivity index (χ4v) is 4.08. The van der Waals surface area contributed by atoms with Gasteiger partial charge in [-0.05, 0) is 49.9 Å². The van der Waals surface area contributed by atoms with E-state index in [-0.39, 0.29) is 0 Å². The molecule has 1 N–H and O–H groups in total. The first-order chi connectivity index (χ1) is 15.7. The maximum absolute atomic E-state index is 5.72. The van der Waals surface area contributed by atoms with E-state index in [4.69, 9.17) is 9.47 Å². The summed E-state index contributed by atoms with van der Waals surface area (Å²) in [7, 11) is 0. The van der Waals surface area contributed by atoms with Crippen molar-refractivity contribution in [1.82, 2.24) is 14.9 Å². The Bertz CT molecular complexity index is 947. The average molecular weight is 433 g/mol. The van der Waals surface area contributed by atoms with Gasteiger partial charge in [0.05, 0.1) is 13.2 Å². The Morgan fingerprint density at radius 2 is 1.50 bits per heavy atom. The van der Waals surface area contributed by atoms with Crippen LogP contribution in [-0.4, -0.2) is 47.2 Å². The lowest BCUT2D eigenvalue weighted by atomic mass is 10.0. The summed E-state index contributed by atoms with van der Waals surface area (Å²) in [5.74, 6) is 2.45. The molecular weight excluding hydrogens is 400 g/mol. The van der Waals surface area contributed by atoms with Gasteiger partial charge in [-0.2, -0.15) is 0 Å². The van der Waals surface area contributed by atoms with Crippen LogP contribution in [0.4, 0.5) is 5.95 Å². The van der Waals surface area contributed by atoms with Gasteiger partial charge in [0.1, 0.15) is 11.5 Å². The number of likely N-dealkylation sites (tertiary alicyclic amines) is 1. The van der Waals surface area contributed by atoms with Crippen molar-refractivity contribution in [3.8, 4) is 22.6 Å². The molecule has 2 aromatic carbocycles. The number of hydrogen-bond acceptors (Lipinski definition) is 6. The molecule has 4 rings (SSSR count). The smallest absolute Gasteiger partial charge is 0.222 e. The van der Waals surface area contributed by atoms with Crippen molar-refractivity contribution >= 4 is 5.95 Å². The fourth-order valence-electron chi connectivity index (χ4n) is 4.08. The molecule has 0 amide bonds. The first-order valence-corrected chi connectivity index (χ1v) is 11.5. The first-order valence-electron chi connectivity index (χ1n) is 11.5. The summed E-state index contributed by atoms with van der Waals surface area (Å²) in [4.78, 5) is 11.5. The van der Waals surface area contributed by atoms with Crippen molar-refractivity contribution in [3.63, 3.8) is 0 Å². The average Bonchev–Trinajstić information content (AvgIpc) is 2.82. The number of anilines is 1. The van der Waals surface area contributed by atoms with E-state index in [2.05, 4.69) is 44.5 Å². The van der Waals surface area contributed by atoms with Crippen LogP contribution in [0.3, 0.4) is 0 Å². The van der Waals surface area contributed by atoms with Gasteiger partial charge in [-0.1, -0.05) is 30.3 Å². The van der Waals surface area contributed by atoms with Gasteiger partial charge in [0, 0.05) is 49.7 Å². The quantitative estimate of drug-likeness (QED) is 0.512. The third kappa shape index (κ3) is 5.98. The highest BCUT2D eigenvalue weighted by molar-refractivity contribution is 5.61. The Kier molecular flexibility index (Phi) is 7.56. The normalized spacial score (nSPS) is 14.8. The summed E-state index contributed by atoms with van der Waals surface area (Å²) in [5.41, 5.74) is 3.39. The fraction of sp³-hybridized carbons (Fsp3) is 0.385. The first kappa shape index (κ1) is 22.1. The van der Waals surface area contributed by atoms with Crippen LogP contribution in [0, 0.1) is 0 Å². The van der Waals surface area contributed by atoms with E-state index in [9.17, 15) is 0 Å². The predicted octanol–water partition coefficient (Wildman–Crippen LogP) is 5.02. The summed E-state index contributed by atoms with van der Waals surface area (Å²) in [6, 6.07) is 16.8. The largest absolute Gasteiger partial charge is 0.494 e. The van der Waals surface area contributed by atoms with E-state index in [1.165, 1.54) is 5.56 Å². The summed E-state index contributed by atoms with van der Waals surface area (Å²) in [6.45, 7) is 8.27. The monoisotopic (exact) mass is 432 g/mol. The maximum Gasteiger partial charge on any atom is 0.222 e. The highest BCUT2D eigenvalue weighted by Gasteiger charge is 2.20. The lowest BCUT2D eigenvalue weighted by Gasteiger charge is -2.32. The van der Waals surface area contributed by atoms with Gasteiger partial charge >= 0.3 is 0 Å². The van der Waals surface area contributed by atoms with Crippen molar-refractivity contribution in [2.45, 2.75) is 39.3 Å². The highest BCUT2D eigenvalue weighted by Crippen LogP contribution is 2.25. The lowest BCUT2D eigenvalue weighted by Crippen LogP contribution is -2.39. The minimum absolute atomic E-state index is 0.391. The van der Waals surface area contributed by atoms with E-state index in [1.807, 2.05) is 50.5 Å². The van der Waals surface area contributed by atoms with E-state index in [0.717, 1.165) is 55.1 Å². The van der Waals surface area contributed by atoms with Gasteiger partial charge in [-0.3, -0.25) is 4.90 Å².